The minimum Gasteiger partial charge on any atom is -0.349 e. The van der Waals surface area contributed by atoms with Gasteiger partial charge in [-0.3, -0.25) is 14.3 Å². The van der Waals surface area contributed by atoms with Crippen molar-refractivity contribution >= 4 is 27.4 Å². The number of carbonyl (C=O) groups excluding carboxylic acids is 2. The Morgan fingerprint density at radius 2 is 1.43 bits per heavy atom. The number of benzene rings is 3. The number of nitrogens with zero attached hydrogens (tertiary/aromatic N) is 1. The SMILES string of the molecule is O=C(NC1CCC(CCN2CCCC2)CC1)c1ccc(S(=O)(=O)Nc2ccccc2C(=O)c2ccccc2)cc1. The lowest BCUT2D eigenvalue weighted by Gasteiger charge is -2.30. The number of carbonyl (C=O) groups is 2. The molecule has 0 radical (unpaired) electrons. The fraction of sp³-hybridized carbons (Fsp3) is 0.375. The summed E-state index contributed by atoms with van der Waals surface area (Å²) in [6.07, 6.45) is 8.13. The molecule has 210 valence electrons. The van der Waals surface area contributed by atoms with Crippen LogP contribution < -0.4 is 10.0 Å². The molecular weight excluding hydrogens is 522 g/mol. The van der Waals surface area contributed by atoms with E-state index >= 15 is 0 Å². The summed E-state index contributed by atoms with van der Waals surface area (Å²) < 4.78 is 28.9. The standard InChI is InChI=1S/C32H37N3O4S/c36-31(25-8-2-1-3-9-25)29-10-4-5-11-30(29)34-40(38,39)28-18-14-26(15-19-28)32(37)33-27-16-12-24(13-17-27)20-23-35-21-6-7-22-35/h1-5,8-11,14-15,18-19,24,27,34H,6-7,12-13,16-17,20-23H2,(H,33,37). The third-order valence-corrected chi connectivity index (χ3v) is 9.49. The Morgan fingerprint density at radius 1 is 0.775 bits per heavy atom. The van der Waals surface area contributed by atoms with Crippen LogP contribution in [0.25, 0.3) is 0 Å². The van der Waals surface area contributed by atoms with Crippen LogP contribution in [-0.4, -0.2) is 50.7 Å². The highest BCUT2D eigenvalue weighted by Gasteiger charge is 2.24. The summed E-state index contributed by atoms with van der Waals surface area (Å²) in [4.78, 5) is 28.5. The van der Waals surface area contributed by atoms with Crippen molar-refractivity contribution in [3.05, 3.63) is 95.6 Å². The van der Waals surface area contributed by atoms with Crippen molar-refractivity contribution < 1.29 is 18.0 Å². The molecule has 0 unspecified atom stereocenters. The molecule has 0 atom stereocenters. The molecule has 1 saturated carbocycles. The minimum absolute atomic E-state index is 0.0181. The summed E-state index contributed by atoms with van der Waals surface area (Å²) in [6.45, 7) is 3.67. The first-order valence-corrected chi connectivity index (χ1v) is 15.7. The quantitative estimate of drug-likeness (QED) is 0.320. The number of para-hydroxylation sites is 1. The Hall–Kier alpha value is -3.49. The number of ketones is 1. The molecule has 3 aromatic rings. The number of likely N-dealkylation sites (tertiary alicyclic amines) is 1. The summed E-state index contributed by atoms with van der Waals surface area (Å²) in [7, 11) is -3.98. The second-order valence-corrected chi connectivity index (χ2v) is 12.6. The molecule has 1 saturated heterocycles. The highest BCUT2D eigenvalue weighted by Crippen LogP contribution is 2.28. The Morgan fingerprint density at radius 3 is 2.12 bits per heavy atom. The van der Waals surface area contributed by atoms with E-state index in [9.17, 15) is 18.0 Å². The van der Waals surface area contributed by atoms with E-state index in [0.717, 1.165) is 31.6 Å². The van der Waals surface area contributed by atoms with Gasteiger partial charge < -0.3 is 10.2 Å². The molecule has 5 rings (SSSR count). The topological polar surface area (TPSA) is 95.6 Å². The average Bonchev–Trinajstić information content (AvgIpc) is 3.51. The van der Waals surface area contributed by atoms with Gasteiger partial charge >= 0.3 is 0 Å². The van der Waals surface area contributed by atoms with Crippen LogP contribution in [0.15, 0.2) is 83.8 Å². The molecular formula is C32H37N3O4S. The molecule has 7 nitrogen and oxygen atoms in total. The average molecular weight is 560 g/mol. The third kappa shape index (κ3) is 6.98. The van der Waals surface area contributed by atoms with Gasteiger partial charge in [0.1, 0.15) is 0 Å². The highest BCUT2D eigenvalue weighted by molar-refractivity contribution is 7.92. The maximum absolute atomic E-state index is 13.2. The van der Waals surface area contributed by atoms with Crippen LogP contribution in [0.5, 0.6) is 0 Å². The maximum Gasteiger partial charge on any atom is 0.261 e. The zero-order valence-electron chi connectivity index (χ0n) is 22.7. The van der Waals surface area contributed by atoms with Crippen LogP contribution in [0.3, 0.4) is 0 Å². The van der Waals surface area contributed by atoms with Gasteiger partial charge in [0.2, 0.25) is 0 Å². The first-order valence-electron chi connectivity index (χ1n) is 14.2. The fourth-order valence-electron chi connectivity index (χ4n) is 5.74. The number of rotatable bonds is 10. The van der Waals surface area contributed by atoms with Gasteiger partial charge in [0.15, 0.2) is 5.78 Å². The van der Waals surface area contributed by atoms with Crippen LogP contribution in [0, 0.1) is 5.92 Å². The predicted octanol–water partition coefficient (Wildman–Crippen LogP) is 5.49. The van der Waals surface area contributed by atoms with Crippen LogP contribution in [0.2, 0.25) is 0 Å². The number of sulfonamides is 1. The number of amides is 1. The van der Waals surface area contributed by atoms with Crippen LogP contribution in [0.1, 0.15) is 71.2 Å². The monoisotopic (exact) mass is 559 g/mol. The molecule has 2 fully saturated rings. The van der Waals surface area contributed by atoms with E-state index in [1.165, 1.54) is 63.2 Å². The maximum atomic E-state index is 13.2. The molecule has 40 heavy (non-hydrogen) atoms. The molecule has 0 aromatic heterocycles. The lowest BCUT2D eigenvalue weighted by Crippen LogP contribution is -2.38. The van der Waals surface area contributed by atoms with Crippen molar-refractivity contribution in [2.24, 2.45) is 5.92 Å². The molecule has 0 bridgehead atoms. The summed E-state index contributed by atoms with van der Waals surface area (Å²) >= 11 is 0. The van der Waals surface area contributed by atoms with Gasteiger partial charge in [0.05, 0.1) is 10.6 Å². The van der Waals surface area contributed by atoms with Crippen LogP contribution in [0.4, 0.5) is 5.69 Å². The van der Waals surface area contributed by atoms with Gasteiger partial charge in [-0.2, -0.15) is 0 Å². The largest absolute Gasteiger partial charge is 0.349 e. The smallest absolute Gasteiger partial charge is 0.261 e. The first kappa shape index (κ1) is 28.1. The lowest BCUT2D eigenvalue weighted by molar-refractivity contribution is 0.0919. The van der Waals surface area contributed by atoms with Gasteiger partial charge in [-0.15, -0.1) is 0 Å². The summed E-state index contributed by atoms with van der Waals surface area (Å²) in [5, 5.41) is 3.13. The van der Waals surface area contributed by atoms with E-state index in [4.69, 9.17) is 0 Å². The molecule has 8 heteroatoms. The normalized spacial score (nSPS) is 19.7. The first-order chi connectivity index (χ1) is 19.4. The molecule has 1 heterocycles. The van der Waals surface area contributed by atoms with Gasteiger partial charge in [-0.05, 0) is 107 Å². The van der Waals surface area contributed by atoms with Crippen molar-refractivity contribution in [1.29, 1.82) is 0 Å². The van der Waals surface area contributed by atoms with Crippen LogP contribution >= 0.6 is 0 Å². The minimum atomic E-state index is -3.98. The van der Waals surface area contributed by atoms with Crippen LogP contribution in [-0.2, 0) is 10.0 Å². The summed E-state index contributed by atoms with van der Waals surface area (Å²) in [5.41, 5.74) is 1.36. The predicted molar refractivity (Wildman–Crippen MR) is 157 cm³/mol. The summed E-state index contributed by atoms with van der Waals surface area (Å²) in [5.74, 6) is 0.279. The molecule has 3 aromatic carbocycles. The van der Waals surface area contributed by atoms with Crippen molar-refractivity contribution in [1.82, 2.24) is 10.2 Å². The van der Waals surface area contributed by atoms with E-state index in [0.29, 0.717) is 11.1 Å². The molecule has 0 spiro atoms. The molecule has 1 aliphatic heterocycles. The number of nitrogens with one attached hydrogen (secondary N) is 2. The number of hydrogen-bond donors (Lipinski definition) is 2. The Bertz CT molecular complexity index is 1410. The zero-order valence-corrected chi connectivity index (χ0v) is 23.5. The zero-order chi connectivity index (χ0) is 28.0. The van der Waals surface area contributed by atoms with Crippen molar-refractivity contribution in [2.75, 3.05) is 24.4 Å². The lowest BCUT2D eigenvalue weighted by atomic mass is 9.84. The molecule has 2 N–H and O–H groups in total. The van der Waals surface area contributed by atoms with E-state index in [1.807, 2.05) is 6.07 Å². The second kappa shape index (κ2) is 12.8. The van der Waals surface area contributed by atoms with E-state index in [2.05, 4.69) is 14.9 Å². The molecule has 2 aliphatic rings. The Balaban J connectivity index is 1.16. The van der Waals surface area contributed by atoms with Gasteiger partial charge in [0.25, 0.3) is 15.9 Å². The van der Waals surface area contributed by atoms with E-state index in [-0.39, 0.29) is 33.9 Å². The molecule has 1 aliphatic carbocycles. The van der Waals surface area contributed by atoms with Gasteiger partial charge in [-0.25, -0.2) is 8.42 Å². The van der Waals surface area contributed by atoms with E-state index in [1.54, 1.807) is 48.5 Å². The summed E-state index contributed by atoms with van der Waals surface area (Å²) in [6, 6.07) is 21.3. The second-order valence-electron chi connectivity index (χ2n) is 10.9. The fourth-order valence-corrected chi connectivity index (χ4v) is 6.82. The Labute approximate surface area is 237 Å². The van der Waals surface area contributed by atoms with Crippen molar-refractivity contribution in [3.8, 4) is 0 Å². The number of hydrogen-bond acceptors (Lipinski definition) is 5. The number of anilines is 1. The van der Waals surface area contributed by atoms with Crippen molar-refractivity contribution in [2.45, 2.75) is 55.9 Å². The molecule has 1 amide bonds. The Kier molecular flexibility index (Phi) is 8.97. The van der Waals surface area contributed by atoms with Crippen molar-refractivity contribution in [3.63, 3.8) is 0 Å². The van der Waals surface area contributed by atoms with Gasteiger partial charge in [-0.1, -0.05) is 42.5 Å². The van der Waals surface area contributed by atoms with Gasteiger partial charge in [0, 0.05) is 22.7 Å². The van der Waals surface area contributed by atoms with E-state index < -0.39 is 10.0 Å². The highest BCUT2D eigenvalue weighted by atomic mass is 32.2. The third-order valence-electron chi connectivity index (χ3n) is 8.11.